The van der Waals surface area contributed by atoms with Gasteiger partial charge in [-0.2, -0.15) is 0 Å². The molecule has 164 valence electrons. The monoisotopic (exact) mass is 451 g/mol. The van der Waals surface area contributed by atoms with Crippen molar-refractivity contribution in [1.82, 2.24) is 4.90 Å². The SMILES string of the molecule is O=C1c2ccccc2C(OC2CCC(O)C2)(c2ccc(F)cc2)N1Cc1ccc(Cl)cc1. The van der Waals surface area contributed by atoms with Gasteiger partial charge in [0.1, 0.15) is 5.82 Å². The molecule has 1 aliphatic carbocycles. The summed E-state index contributed by atoms with van der Waals surface area (Å²) in [6.07, 6.45) is 1.17. The summed E-state index contributed by atoms with van der Waals surface area (Å²) in [6.45, 7) is 0.289. The number of hydrogen-bond donors (Lipinski definition) is 1. The van der Waals surface area contributed by atoms with Crippen LogP contribution in [-0.2, 0) is 17.0 Å². The number of amides is 1. The van der Waals surface area contributed by atoms with Crippen LogP contribution in [0.4, 0.5) is 4.39 Å². The van der Waals surface area contributed by atoms with Gasteiger partial charge in [0.2, 0.25) is 0 Å². The minimum Gasteiger partial charge on any atom is -0.393 e. The Morgan fingerprint density at radius 3 is 2.44 bits per heavy atom. The average molecular weight is 452 g/mol. The Morgan fingerprint density at radius 2 is 1.75 bits per heavy atom. The van der Waals surface area contributed by atoms with Gasteiger partial charge in [0.05, 0.1) is 12.2 Å². The Labute approximate surface area is 191 Å². The van der Waals surface area contributed by atoms with E-state index in [9.17, 15) is 14.3 Å². The number of nitrogens with zero attached hydrogens (tertiary/aromatic N) is 1. The highest BCUT2D eigenvalue weighted by atomic mass is 35.5. The third-order valence-corrected chi connectivity index (χ3v) is 6.58. The number of aliphatic hydroxyl groups is 1. The molecule has 3 aromatic rings. The van der Waals surface area contributed by atoms with Gasteiger partial charge in [-0.05, 0) is 55.2 Å². The smallest absolute Gasteiger partial charge is 0.257 e. The van der Waals surface area contributed by atoms with E-state index < -0.39 is 11.8 Å². The van der Waals surface area contributed by atoms with Crippen molar-refractivity contribution < 1.29 is 19.0 Å². The molecule has 3 aromatic carbocycles. The van der Waals surface area contributed by atoms with Crippen LogP contribution in [0.2, 0.25) is 5.02 Å². The molecule has 6 heteroatoms. The second kappa shape index (κ2) is 8.32. The first-order valence-corrected chi connectivity index (χ1v) is 11.1. The molecule has 1 amide bonds. The molecule has 4 nitrogen and oxygen atoms in total. The van der Waals surface area contributed by atoms with Gasteiger partial charge in [-0.3, -0.25) is 9.69 Å². The Kier molecular flexibility index (Phi) is 5.49. The highest BCUT2D eigenvalue weighted by Gasteiger charge is 2.53. The van der Waals surface area contributed by atoms with E-state index in [1.165, 1.54) is 12.1 Å². The molecule has 5 rings (SSSR count). The molecular weight excluding hydrogens is 429 g/mol. The van der Waals surface area contributed by atoms with Crippen molar-refractivity contribution in [2.24, 2.45) is 0 Å². The molecule has 2 aliphatic rings. The van der Waals surface area contributed by atoms with E-state index >= 15 is 0 Å². The molecule has 1 N–H and O–H groups in total. The third kappa shape index (κ3) is 3.60. The number of carbonyl (C=O) groups excluding carboxylic acids is 1. The maximum absolute atomic E-state index is 13.8. The number of ether oxygens (including phenoxy) is 1. The van der Waals surface area contributed by atoms with E-state index in [1.54, 1.807) is 35.2 Å². The molecule has 0 spiro atoms. The van der Waals surface area contributed by atoms with Crippen LogP contribution in [0, 0.1) is 5.82 Å². The molecule has 0 bridgehead atoms. The zero-order valence-corrected chi connectivity index (χ0v) is 18.1. The van der Waals surface area contributed by atoms with Gasteiger partial charge in [-0.25, -0.2) is 4.39 Å². The van der Waals surface area contributed by atoms with Gasteiger partial charge in [0.25, 0.3) is 5.91 Å². The first-order chi connectivity index (χ1) is 15.5. The van der Waals surface area contributed by atoms with Crippen LogP contribution < -0.4 is 0 Å². The number of carbonyl (C=O) groups is 1. The summed E-state index contributed by atoms with van der Waals surface area (Å²) in [4.78, 5) is 15.4. The van der Waals surface area contributed by atoms with Gasteiger partial charge in [0, 0.05) is 28.3 Å². The summed E-state index contributed by atoms with van der Waals surface area (Å²) in [5.41, 5.74) is 1.64. The molecule has 32 heavy (non-hydrogen) atoms. The second-order valence-corrected chi connectivity index (χ2v) is 8.86. The van der Waals surface area contributed by atoms with Gasteiger partial charge >= 0.3 is 0 Å². The standard InChI is InChI=1S/C26H23ClFNO3/c27-19-9-5-17(6-10-19)16-29-25(31)23-3-1-2-4-24(23)26(29,18-7-11-20(28)12-8-18)32-22-14-13-21(30)15-22/h1-12,21-22,30H,13-16H2. The molecular formula is C26H23ClFNO3. The summed E-state index contributed by atoms with van der Waals surface area (Å²) in [6, 6.07) is 20.9. The van der Waals surface area contributed by atoms with E-state index in [2.05, 4.69) is 0 Å². The fraction of sp³-hybridized carbons (Fsp3) is 0.269. The maximum atomic E-state index is 13.8. The molecule has 0 radical (unpaired) electrons. The van der Waals surface area contributed by atoms with Crippen molar-refractivity contribution >= 4 is 17.5 Å². The van der Waals surface area contributed by atoms with E-state index in [1.807, 2.05) is 30.3 Å². The van der Waals surface area contributed by atoms with Gasteiger partial charge in [-0.15, -0.1) is 0 Å². The second-order valence-electron chi connectivity index (χ2n) is 8.42. The number of aliphatic hydroxyl groups excluding tert-OH is 1. The van der Waals surface area contributed by atoms with Crippen LogP contribution in [0.5, 0.6) is 0 Å². The molecule has 1 saturated carbocycles. The molecule has 1 heterocycles. The van der Waals surface area contributed by atoms with Crippen molar-refractivity contribution in [1.29, 1.82) is 0 Å². The number of halogens is 2. The summed E-state index contributed by atoms with van der Waals surface area (Å²) in [5, 5.41) is 10.7. The van der Waals surface area contributed by atoms with Crippen LogP contribution in [0.1, 0.15) is 46.3 Å². The van der Waals surface area contributed by atoms with Crippen molar-refractivity contribution in [3.05, 3.63) is 106 Å². The molecule has 0 aromatic heterocycles. The summed E-state index contributed by atoms with van der Waals surface area (Å²) in [7, 11) is 0. The fourth-order valence-electron chi connectivity index (χ4n) is 4.80. The van der Waals surface area contributed by atoms with Crippen LogP contribution in [-0.4, -0.2) is 28.1 Å². The van der Waals surface area contributed by atoms with E-state index in [0.29, 0.717) is 35.4 Å². The highest BCUT2D eigenvalue weighted by molar-refractivity contribution is 6.30. The topological polar surface area (TPSA) is 49.8 Å². The number of hydrogen-bond acceptors (Lipinski definition) is 3. The van der Waals surface area contributed by atoms with E-state index in [0.717, 1.165) is 11.1 Å². The quantitative estimate of drug-likeness (QED) is 0.575. The van der Waals surface area contributed by atoms with Crippen LogP contribution in [0.15, 0.2) is 72.8 Å². The predicted molar refractivity (Wildman–Crippen MR) is 120 cm³/mol. The third-order valence-electron chi connectivity index (χ3n) is 6.33. The molecule has 3 atom stereocenters. The van der Waals surface area contributed by atoms with Crippen molar-refractivity contribution in [3.63, 3.8) is 0 Å². The molecule has 1 aliphatic heterocycles. The normalized spacial score (nSPS) is 24.7. The zero-order valence-electron chi connectivity index (χ0n) is 17.4. The van der Waals surface area contributed by atoms with E-state index in [4.69, 9.17) is 16.3 Å². The Bertz CT molecular complexity index is 1130. The Balaban J connectivity index is 1.67. The maximum Gasteiger partial charge on any atom is 0.257 e. The summed E-state index contributed by atoms with van der Waals surface area (Å²) >= 11 is 6.06. The van der Waals surface area contributed by atoms with Gasteiger partial charge in [-0.1, -0.05) is 54.1 Å². The van der Waals surface area contributed by atoms with Gasteiger partial charge in [0.15, 0.2) is 5.72 Å². The van der Waals surface area contributed by atoms with E-state index in [-0.39, 0.29) is 24.4 Å². The van der Waals surface area contributed by atoms with Crippen molar-refractivity contribution in [2.45, 2.75) is 43.7 Å². The predicted octanol–water partition coefficient (Wildman–Crippen LogP) is 5.27. The number of rotatable bonds is 5. The van der Waals surface area contributed by atoms with Crippen LogP contribution in [0.3, 0.4) is 0 Å². The molecule has 1 fully saturated rings. The summed E-state index contributed by atoms with van der Waals surface area (Å²) < 4.78 is 20.6. The minimum atomic E-state index is -1.23. The number of fused-ring (bicyclic) bond motifs is 1. The van der Waals surface area contributed by atoms with Crippen LogP contribution in [0.25, 0.3) is 0 Å². The Hall–Kier alpha value is -2.73. The van der Waals surface area contributed by atoms with Crippen molar-refractivity contribution in [2.75, 3.05) is 0 Å². The summed E-state index contributed by atoms with van der Waals surface area (Å²) in [5.74, 6) is -0.513. The molecule has 0 saturated heterocycles. The van der Waals surface area contributed by atoms with Crippen LogP contribution >= 0.6 is 11.6 Å². The molecule has 3 unspecified atom stereocenters. The fourth-order valence-corrected chi connectivity index (χ4v) is 4.93. The zero-order chi connectivity index (χ0) is 22.3. The lowest BCUT2D eigenvalue weighted by Crippen LogP contribution is -2.48. The average Bonchev–Trinajstić information content (AvgIpc) is 3.31. The lowest BCUT2D eigenvalue weighted by molar-refractivity contribution is -0.147. The largest absolute Gasteiger partial charge is 0.393 e. The Morgan fingerprint density at radius 1 is 1.03 bits per heavy atom. The lowest BCUT2D eigenvalue weighted by atomic mass is 9.92. The first-order valence-electron chi connectivity index (χ1n) is 10.8. The lowest BCUT2D eigenvalue weighted by Gasteiger charge is -2.41. The first kappa shape index (κ1) is 21.1. The highest BCUT2D eigenvalue weighted by Crippen LogP contribution is 2.48. The number of benzene rings is 3. The van der Waals surface area contributed by atoms with Gasteiger partial charge < -0.3 is 9.84 Å². The minimum absolute atomic E-state index is 0.154. The van der Waals surface area contributed by atoms with Crippen molar-refractivity contribution in [3.8, 4) is 0 Å².